The van der Waals surface area contributed by atoms with Gasteiger partial charge in [0.2, 0.25) is 5.79 Å². The highest BCUT2D eigenvalue weighted by atomic mass is 32.2. The number of aliphatic hydroxyl groups excluding tert-OH is 2. The van der Waals surface area contributed by atoms with E-state index in [-0.39, 0.29) is 63.1 Å². The number of aliphatic hydroxyl groups is 2. The van der Waals surface area contributed by atoms with Crippen LogP contribution in [0.25, 0.3) is 0 Å². The number of hydrogen-bond donors (Lipinski definition) is 2. The second kappa shape index (κ2) is 22.7. The van der Waals surface area contributed by atoms with Crippen LogP contribution in [-0.4, -0.2) is 64.6 Å². The topological polar surface area (TPSA) is 134 Å². The summed E-state index contributed by atoms with van der Waals surface area (Å²) < 4.78 is 35.7. The number of halogens is 1. The summed E-state index contributed by atoms with van der Waals surface area (Å²) in [7, 11) is 0. The van der Waals surface area contributed by atoms with E-state index in [9.17, 15) is 19.9 Å². The molecule has 3 aliphatic rings. The quantitative estimate of drug-likeness (QED) is 0.0319. The lowest BCUT2D eigenvalue weighted by Gasteiger charge is -2.60. The summed E-state index contributed by atoms with van der Waals surface area (Å²) in [6.07, 6.45) is 10.6. The average Bonchev–Trinajstić information content (AvgIpc) is 3.37. The molecule has 10 nitrogen and oxygen atoms in total. The Bertz CT molecular complexity index is 2600. The number of allylic oxidation sites excluding steroid dienone is 1. The molecule has 8 rings (SSSR count). The van der Waals surface area contributed by atoms with Gasteiger partial charge in [-0.25, -0.2) is 4.39 Å². The van der Waals surface area contributed by atoms with Crippen molar-refractivity contribution < 1.29 is 38.4 Å². The SMILES string of the molecule is C=CCOC12Oc3ccc(Oc4ccc(SC)cc4)cc3C3C(CCCCO)C(CCCCO)C=C(C(=NOCc4ccccc4)CC1N(Cc1ccc(F)cc1)C(=O)c1ccc(C#N)cc1)C32. The Morgan fingerprint density at radius 1 is 0.926 bits per heavy atom. The van der Waals surface area contributed by atoms with Gasteiger partial charge in [0.05, 0.1) is 29.9 Å². The van der Waals surface area contributed by atoms with Gasteiger partial charge >= 0.3 is 0 Å². The fraction of sp³-hybridized carbons (Fsp3) is 0.339. The van der Waals surface area contributed by atoms with Crippen molar-refractivity contribution in [2.24, 2.45) is 22.9 Å². The number of amides is 1. The molecule has 1 saturated carbocycles. The van der Waals surface area contributed by atoms with Crippen LogP contribution in [0.4, 0.5) is 4.39 Å². The van der Waals surface area contributed by atoms with Crippen LogP contribution in [0.5, 0.6) is 17.2 Å². The number of ether oxygens (including phenoxy) is 3. The summed E-state index contributed by atoms with van der Waals surface area (Å²) in [5.74, 6) is -1.23. The highest BCUT2D eigenvalue weighted by molar-refractivity contribution is 7.98. The number of rotatable bonds is 21. The molecular formula is C56H58FN3O7S. The molecule has 1 amide bonds. The second-order valence-electron chi connectivity index (χ2n) is 17.6. The predicted octanol–water partition coefficient (Wildman–Crippen LogP) is 11.4. The summed E-state index contributed by atoms with van der Waals surface area (Å²) in [5.41, 5.74) is 4.84. The molecular weight excluding hydrogens is 878 g/mol. The molecule has 68 heavy (non-hydrogen) atoms. The number of benzene rings is 5. The molecule has 2 N–H and O–H groups in total. The molecule has 6 unspecified atom stereocenters. The standard InChI is InChI=1S/C56H58FN3O7S/c1-3-31-64-56-52(60(36-39-17-21-43(57)22-18-39)55(63)41-19-15-38(35-58)16-20-41)34-50(59-65-37-40-11-5-4-6-12-40)48-32-42(13-7-9-29-61)47(14-8-10-30-62)53(54(48)56)49-33-45(25-28-51(49)67-56)66-44-23-26-46(68-2)27-24-44/h3-6,11-12,15-28,32-33,42,47,52-54,61-62H,1,7-10,13-14,29-31,34,36-37H2,2H3. The van der Waals surface area contributed by atoms with Gasteiger partial charge < -0.3 is 34.2 Å². The first kappa shape index (κ1) is 48.2. The average molecular weight is 936 g/mol. The zero-order chi connectivity index (χ0) is 47.5. The van der Waals surface area contributed by atoms with E-state index in [1.807, 2.05) is 73.0 Å². The van der Waals surface area contributed by atoms with Gasteiger partial charge in [-0.3, -0.25) is 4.79 Å². The third-order valence-corrected chi connectivity index (χ3v) is 14.1. The number of carbonyl (C=O) groups excluding carboxylic acids is 1. The molecule has 1 heterocycles. The molecule has 0 saturated heterocycles. The summed E-state index contributed by atoms with van der Waals surface area (Å²) in [6, 6.07) is 37.6. The Balaban J connectivity index is 1.36. The van der Waals surface area contributed by atoms with Crippen molar-refractivity contribution in [3.05, 3.63) is 179 Å². The van der Waals surface area contributed by atoms with Gasteiger partial charge in [0.15, 0.2) is 0 Å². The Hall–Kier alpha value is -6.23. The van der Waals surface area contributed by atoms with Gasteiger partial charge in [-0.1, -0.05) is 72.6 Å². The van der Waals surface area contributed by atoms with Gasteiger partial charge in [0, 0.05) is 48.1 Å². The number of carbonyl (C=O) groups is 1. The number of hydrogen-bond acceptors (Lipinski definition) is 10. The zero-order valence-electron chi connectivity index (χ0n) is 38.3. The van der Waals surface area contributed by atoms with E-state index in [1.165, 1.54) is 12.1 Å². The summed E-state index contributed by atoms with van der Waals surface area (Å²) in [6.45, 7) is 4.55. The van der Waals surface area contributed by atoms with Crippen molar-refractivity contribution in [3.8, 4) is 23.3 Å². The Morgan fingerprint density at radius 3 is 2.34 bits per heavy atom. The maximum Gasteiger partial charge on any atom is 0.254 e. The fourth-order valence-electron chi connectivity index (χ4n) is 10.2. The molecule has 5 aromatic carbocycles. The van der Waals surface area contributed by atoms with E-state index in [0.29, 0.717) is 52.5 Å². The predicted molar refractivity (Wildman–Crippen MR) is 262 cm³/mol. The van der Waals surface area contributed by atoms with E-state index < -0.39 is 23.6 Å². The minimum absolute atomic E-state index is 0.00975. The van der Waals surface area contributed by atoms with E-state index in [1.54, 1.807) is 59.1 Å². The number of nitriles is 1. The van der Waals surface area contributed by atoms with Gasteiger partial charge in [-0.2, -0.15) is 5.26 Å². The van der Waals surface area contributed by atoms with E-state index in [2.05, 4.69) is 24.8 Å². The zero-order valence-corrected chi connectivity index (χ0v) is 39.2. The number of unbranched alkanes of at least 4 members (excludes halogenated alkanes) is 2. The Kier molecular flexibility index (Phi) is 16.1. The lowest BCUT2D eigenvalue weighted by molar-refractivity contribution is -0.255. The second-order valence-corrected chi connectivity index (χ2v) is 18.4. The van der Waals surface area contributed by atoms with Crippen LogP contribution >= 0.6 is 11.8 Å². The van der Waals surface area contributed by atoms with Crippen LogP contribution in [0, 0.1) is 34.9 Å². The van der Waals surface area contributed by atoms with Crippen LogP contribution in [-0.2, 0) is 22.7 Å². The molecule has 6 atom stereocenters. The van der Waals surface area contributed by atoms with Crippen LogP contribution in [0.3, 0.4) is 0 Å². The summed E-state index contributed by atoms with van der Waals surface area (Å²) >= 11 is 1.66. The Morgan fingerprint density at radius 2 is 1.65 bits per heavy atom. The Labute approximate surface area is 402 Å². The van der Waals surface area contributed by atoms with Gasteiger partial charge in [-0.05, 0) is 139 Å². The minimum Gasteiger partial charge on any atom is -0.459 e. The molecule has 12 heteroatoms. The fourth-order valence-corrected chi connectivity index (χ4v) is 10.6. The molecule has 2 aliphatic carbocycles. The van der Waals surface area contributed by atoms with E-state index >= 15 is 4.79 Å². The highest BCUT2D eigenvalue weighted by Crippen LogP contribution is 2.62. The van der Waals surface area contributed by atoms with Crippen molar-refractivity contribution in [2.75, 3.05) is 26.1 Å². The number of nitrogens with zero attached hydrogens (tertiary/aromatic N) is 3. The van der Waals surface area contributed by atoms with Gasteiger partial charge in [-0.15, -0.1) is 18.3 Å². The van der Waals surface area contributed by atoms with Crippen molar-refractivity contribution in [1.82, 2.24) is 4.90 Å². The molecule has 1 fully saturated rings. The molecule has 0 spiro atoms. The number of fused-ring (bicyclic) bond motifs is 2. The van der Waals surface area contributed by atoms with Crippen molar-refractivity contribution >= 4 is 23.4 Å². The molecule has 5 aromatic rings. The largest absolute Gasteiger partial charge is 0.459 e. The molecule has 352 valence electrons. The normalized spacial score (nSPS) is 21.9. The monoisotopic (exact) mass is 935 g/mol. The van der Waals surface area contributed by atoms with Crippen LogP contribution in [0.2, 0.25) is 0 Å². The maximum atomic E-state index is 15.4. The molecule has 0 aromatic heterocycles. The molecule has 0 bridgehead atoms. The lowest BCUT2D eigenvalue weighted by Crippen LogP contribution is -2.70. The maximum absolute atomic E-state index is 15.4. The first-order chi connectivity index (χ1) is 33.3. The first-order valence-corrected chi connectivity index (χ1v) is 24.6. The molecule has 0 radical (unpaired) electrons. The van der Waals surface area contributed by atoms with E-state index in [4.69, 9.17) is 24.2 Å². The third kappa shape index (κ3) is 10.7. The number of thioether (sulfide) groups is 1. The third-order valence-electron chi connectivity index (χ3n) is 13.4. The van der Waals surface area contributed by atoms with Gasteiger partial charge in [0.1, 0.15) is 35.7 Å². The van der Waals surface area contributed by atoms with E-state index in [0.717, 1.165) is 47.3 Å². The summed E-state index contributed by atoms with van der Waals surface area (Å²) in [4.78, 5) is 24.5. The van der Waals surface area contributed by atoms with Crippen LogP contribution in [0.1, 0.15) is 83.5 Å². The van der Waals surface area contributed by atoms with Crippen molar-refractivity contribution in [1.29, 1.82) is 5.26 Å². The van der Waals surface area contributed by atoms with Crippen LogP contribution < -0.4 is 9.47 Å². The van der Waals surface area contributed by atoms with Gasteiger partial charge in [0.25, 0.3) is 5.91 Å². The van der Waals surface area contributed by atoms with Crippen molar-refractivity contribution in [2.45, 2.75) is 80.7 Å². The summed E-state index contributed by atoms with van der Waals surface area (Å²) in [5, 5.41) is 34.7. The minimum atomic E-state index is -1.54. The van der Waals surface area contributed by atoms with Crippen LogP contribution in [0.15, 0.2) is 156 Å². The smallest absolute Gasteiger partial charge is 0.254 e. The first-order valence-electron chi connectivity index (χ1n) is 23.4. The van der Waals surface area contributed by atoms with Crippen molar-refractivity contribution in [3.63, 3.8) is 0 Å². The lowest BCUT2D eigenvalue weighted by atomic mass is 9.55. The number of oxime groups is 1. The highest BCUT2D eigenvalue weighted by Gasteiger charge is 2.65. The molecule has 1 aliphatic heterocycles.